The van der Waals surface area contributed by atoms with Gasteiger partial charge in [-0.2, -0.15) is 0 Å². The van der Waals surface area contributed by atoms with E-state index >= 15 is 0 Å². The molecular weight excluding hydrogens is 198 g/mol. The molecule has 3 atom stereocenters. The molecule has 0 aromatic heterocycles. The van der Waals surface area contributed by atoms with E-state index in [1.54, 1.807) is 4.90 Å². The van der Waals surface area contributed by atoms with Crippen LogP contribution in [0, 0.1) is 11.8 Å². The summed E-state index contributed by atoms with van der Waals surface area (Å²) in [6.07, 6.45) is 10.4. The highest BCUT2D eigenvalue weighted by Crippen LogP contribution is 2.36. The average molecular weight is 222 g/mol. The van der Waals surface area contributed by atoms with E-state index in [-0.39, 0.29) is 0 Å². The molecule has 0 amide bonds. The van der Waals surface area contributed by atoms with Crippen LogP contribution in [0.1, 0.15) is 51.4 Å². The minimum atomic E-state index is 0.445. The van der Waals surface area contributed by atoms with Crippen molar-refractivity contribution in [2.24, 2.45) is 11.8 Å². The Kier molecular flexibility index (Phi) is 3.01. The van der Waals surface area contributed by atoms with Crippen LogP contribution in [0.4, 0.5) is 0 Å². The van der Waals surface area contributed by atoms with Crippen LogP contribution >= 0.6 is 0 Å². The number of likely N-dealkylation sites (tertiary alicyclic amines) is 1. The minimum absolute atomic E-state index is 0.445. The van der Waals surface area contributed by atoms with Crippen molar-refractivity contribution in [2.45, 2.75) is 57.4 Å². The lowest BCUT2D eigenvalue weighted by atomic mass is 9.68. The first-order chi connectivity index (χ1) is 7.86. The molecule has 0 spiro atoms. The summed E-state index contributed by atoms with van der Waals surface area (Å²) < 4.78 is 0. The zero-order valence-electron chi connectivity index (χ0n) is 10.2. The molecule has 1 aliphatic heterocycles. The topological polar surface area (TPSA) is 21.5 Å². The molecule has 3 rings (SSSR count). The molecule has 2 heteroatoms. The molecule has 0 aromatic rings. The molecule has 2 aliphatic carbocycles. The van der Waals surface area contributed by atoms with Gasteiger partial charge in [0.2, 0.25) is 0 Å². The number of ketones is 1. The normalized spacial score (nSPS) is 41.0. The van der Waals surface area contributed by atoms with Crippen LogP contribution in [-0.4, -0.2) is 24.9 Å². The summed E-state index contributed by atoms with van der Waals surface area (Å²) in [5.74, 6) is 1.54. The lowest BCUT2D eigenvalue weighted by Crippen LogP contribution is -3.17. The van der Waals surface area contributed by atoms with Gasteiger partial charge in [0.25, 0.3) is 0 Å². The minimum Gasteiger partial charge on any atom is -0.332 e. The molecule has 16 heavy (non-hydrogen) atoms. The highest BCUT2D eigenvalue weighted by Gasteiger charge is 2.45. The van der Waals surface area contributed by atoms with E-state index in [0.29, 0.717) is 23.7 Å². The van der Waals surface area contributed by atoms with E-state index in [0.717, 1.165) is 0 Å². The summed E-state index contributed by atoms with van der Waals surface area (Å²) >= 11 is 0. The highest BCUT2D eigenvalue weighted by molar-refractivity contribution is 5.85. The average Bonchev–Trinajstić information content (AvgIpc) is 2.30. The molecule has 2 saturated carbocycles. The predicted octanol–water partition coefficient (Wildman–Crippen LogP) is 1.20. The molecule has 1 N–H and O–H groups in total. The van der Waals surface area contributed by atoms with E-state index < -0.39 is 0 Å². The first kappa shape index (κ1) is 10.8. The predicted molar refractivity (Wildman–Crippen MR) is 63.4 cm³/mol. The molecule has 2 bridgehead atoms. The number of nitrogens with one attached hydrogen (secondary N) is 1. The monoisotopic (exact) mass is 222 g/mol. The maximum Gasteiger partial charge on any atom is 0.144 e. The standard InChI is InChI=1S/C14H23NO/c16-14-11-5-4-6-12(14)13(8-7-11)15-9-2-1-3-10-15/h11-13H,1-10H2/p+1/t11-,12-,13+/m1/s1. The van der Waals surface area contributed by atoms with E-state index in [1.165, 1.54) is 64.5 Å². The van der Waals surface area contributed by atoms with Crippen LogP contribution in [0.5, 0.6) is 0 Å². The van der Waals surface area contributed by atoms with Crippen molar-refractivity contribution in [1.29, 1.82) is 0 Å². The smallest absolute Gasteiger partial charge is 0.144 e. The fourth-order valence-electron chi connectivity index (χ4n) is 4.30. The van der Waals surface area contributed by atoms with Crippen LogP contribution in [0.2, 0.25) is 0 Å². The second-order valence-electron chi connectivity index (χ2n) is 6.04. The fourth-order valence-corrected chi connectivity index (χ4v) is 4.30. The van der Waals surface area contributed by atoms with Gasteiger partial charge in [-0.1, -0.05) is 6.42 Å². The maximum atomic E-state index is 12.2. The summed E-state index contributed by atoms with van der Waals surface area (Å²) in [5.41, 5.74) is 0. The van der Waals surface area contributed by atoms with Crippen LogP contribution in [0.3, 0.4) is 0 Å². The Hall–Kier alpha value is -0.370. The summed E-state index contributed by atoms with van der Waals surface area (Å²) in [5, 5.41) is 0. The molecule has 3 fully saturated rings. The zero-order chi connectivity index (χ0) is 11.0. The largest absolute Gasteiger partial charge is 0.332 e. The van der Waals surface area contributed by atoms with Gasteiger partial charge in [-0.25, -0.2) is 0 Å². The number of rotatable bonds is 1. The number of hydrogen-bond donors (Lipinski definition) is 1. The number of carbonyl (C=O) groups is 1. The van der Waals surface area contributed by atoms with Gasteiger partial charge in [-0.15, -0.1) is 0 Å². The number of quaternary nitrogens is 1. The van der Waals surface area contributed by atoms with Crippen molar-refractivity contribution in [3.63, 3.8) is 0 Å². The Labute approximate surface area is 98.4 Å². The zero-order valence-corrected chi connectivity index (χ0v) is 10.2. The van der Waals surface area contributed by atoms with Crippen molar-refractivity contribution >= 4 is 5.78 Å². The number of fused-ring (bicyclic) bond motifs is 2. The van der Waals surface area contributed by atoms with Crippen molar-refractivity contribution in [2.75, 3.05) is 13.1 Å². The van der Waals surface area contributed by atoms with Gasteiger partial charge in [-0.3, -0.25) is 4.79 Å². The van der Waals surface area contributed by atoms with Crippen LogP contribution in [-0.2, 0) is 4.79 Å². The van der Waals surface area contributed by atoms with Crippen LogP contribution in [0.15, 0.2) is 0 Å². The maximum absolute atomic E-state index is 12.2. The second kappa shape index (κ2) is 4.48. The van der Waals surface area contributed by atoms with Gasteiger partial charge in [0.1, 0.15) is 5.78 Å². The molecule has 0 radical (unpaired) electrons. The highest BCUT2D eigenvalue weighted by atomic mass is 16.1. The second-order valence-corrected chi connectivity index (χ2v) is 6.04. The van der Waals surface area contributed by atoms with Gasteiger partial charge in [0, 0.05) is 12.3 Å². The summed E-state index contributed by atoms with van der Waals surface area (Å²) in [6, 6.07) is 0.698. The summed E-state index contributed by atoms with van der Waals surface area (Å²) in [7, 11) is 0. The van der Waals surface area contributed by atoms with Gasteiger partial charge in [0.15, 0.2) is 0 Å². The van der Waals surface area contributed by atoms with Gasteiger partial charge >= 0.3 is 0 Å². The van der Waals surface area contributed by atoms with Crippen LogP contribution < -0.4 is 4.90 Å². The Morgan fingerprint density at radius 2 is 1.69 bits per heavy atom. The quantitative estimate of drug-likeness (QED) is 0.707. The van der Waals surface area contributed by atoms with Crippen molar-refractivity contribution in [3.05, 3.63) is 0 Å². The first-order valence-corrected chi connectivity index (χ1v) is 7.24. The number of Topliss-reactive ketones (excluding diaryl/α,β-unsaturated/α-hetero) is 1. The third-order valence-corrected chi connectivity index (χ3v) is 5.17. The lowest BCUT2D eigenvalue weighted by Gasteiger charge is -2.43. The molecular formula is C14H24NO+. The van der Waals surface area contributed by atoms with Gasteiger partial charge < -0.3 is 4.90 Å². The van der Waals surface area contributed by atoms with Crippen LogP contribution in [0.25, 0.3) is 0 Å². The molecule has 0 unspecified atom stereocenters. The molecule has 1 saturated heterocycles. The first-order valence-electron chi connectivity index (χ1n) is 7.24. The number of piperidine rings is 1. The Bertz CT molecular complexity index is 270. The fraction of sp³-hybridized carbons (Fsp3) is 0.929. The van der Waals surface area contributed by atoms with E-state index in [9.17, 15) is 4.79 Å². The molecule has 2 nitrogen and oxygen atoms in total. The molecule has 90 valence electrons. The van der Waals surface area contributed by atoms with E-state index in [1.807, 2.05) is 0 Å². The van der Waals surface area contributed by atoms with Crippen molar-refractivity contribution in [3.8, 4) is 0 Å². The van der Waals surface area contributed by atoms with Gasteiger partial charge in [0.05, 0.1) is 25.0 Å². The molecule has 0 aromatic carbocycles. The number of hydrogen-bond acceptors (Lipinski definition) is 1. The Morgan fingerprint density at radius 3 is 2.50 bits per heavy atom. The lowest BCUT2D eigenvalue weighted by molar-refractivity contribution is -0.933. The summed E-state index contributed by atoms with van der Waals surface area (Å²) in [6.45, 7) is 2.66. The molecule has 1 heterocycles. The van der Waals surface area contributed by atoms with Gasteiger partial charge in [-0.05, 0) is 38.5 Å². The number of carbonyl (C=O) groups excluding carboxylic acids is 1. The Morgan fingerprint density at radius 1 is 0.875 bits per heavy atom. The molecule has 3 aliphatic rings. The van der Waals surface area contributed by atoms with E-state index in [4.69, 9.17) is 0 Å². The Balaban J connectivity index is 1.72. The third-order valence-electron chi connectivity index (χ3n) is 5.17. The third kappa shape index (κ3) is 1.81. The van der Waals surface area contributed by atoms with Crippen molar-refractivity contribution in [1.82, 2.24) is 0 Å². The SMILES string of the molecule is O=C1[C@@H]2CCC[C@@H]1[C@@H]([NH+]1CCCCC1)CC2. The van der Waals surface area contributed by atoms with Crippen molar-refractivity contribution < 1.29 is 9.69 Å². The van der Waals surface area contributed by atoms with E-state index in [2.05, 4.69) is 0 Å². The summed E-state index contributed by atoms with van der Waals surface area (Å²) in [4.78, 5) is 14.0.